The number of carbonyl (C=O) groups is 1. The Balaban J connectivity index is 1.43. The number of rotatable bonds is 6. The van der Waals surface area contributed by atoms with E-state index in [2.05, 4.69) is 31.5 Å². The van der Waals surface area contributed by atoms with Crippen LogP contribution in [0.15, 0.2) is 41.0 Å². The summed E-state index contributed by atoms with van der Waals surface area (Å²) in [7, 11) is 0. The van der Waals surface area contributed by atoms with Gasteiger partial charge in [-0.25, -0.2) is 14.2 Å². The molecular weight excluding hydrogens is 401 g/mol. The number of urea groups is 1. The molecule has 1 fully saturated rings. The zero-order valence-electron chi connectivity index (χ0n) is 14.3. The largest absolute Gasteiger partial charge is 0.474 e. The van der Waals surface area contributed by atoms with Gasteiger partial charge in [-0.05, 0) is 49.4 Å². The van der Waals surface area contributed by atoms with Crippen LogP contribution in [0.1, 0.15) is 36.8 Å². The summed E-state index contributed by atoms with van der Waals surface area (Å²) >= 11 is 3.29. The highest BCUT2D eigenvalue weighted by Crippen LogP contribution is 2.22. The number of aromatic nitrogens is 1. The second-order valence-corrected chi connectivity index (χ2v) is 7.22. The predicted octanol–water partition coefficient (Wildman–Crippen LogP) is 4.30. The number of hydrogen-bond donors (Lipinski definition) is 2. The van der Waals surface area contributed by atoms with Crippen LogP contribution in [0.4, 0.5) is 9.18 Å². The molecule has 2 amide bonds. The molecule has 1 aliphatic rings. The summed E-state index contributed by atoms with van der Waals surface area (Å²) in [6.45, 7) is 0.451. The summed E-state index contributed by atoms with van der Waals surface area (Å²) in [6, 6.07) is 7.96. The Morgan fingerprint density at radius 2 is 1.96 bits per heavy atom. The van der Waals surface area contributed by atoms with Crippen LogP contribution in [0.2, 0.25) is 0 Å². The lowest BCUT2D eigenvalue weighted by Gasteiger charge is -2.12. The van der Waals surface area contributed by atoms with E-state index in [9.17, 15) is 9.18 Å². The molecule has 0 aliphatic heterocycles. The van der Waals surface area contributed by atoms with Crippen LogP contribution in [0.5, 0.6) is 5.88 Å². The average molecular weight is 422 g/mol. The number of pyridine rings is 1. The molecular formula is C19H21BrFN3O2. The van der Waals surface area contributed by atoms with Gasteiger partial charge in [0.05, 0.1) is 0 Å². The molecule has 0 unspecified atom stereocenters. The first kappa shape index (κ1) is 18.6. The molecule has 2 N–H and O–H groups in total. The highest BCUT2D eigenvalue weighted by Gasteiger charge is 2.16. The highest BCUT2D eigenvalue weighted by molar-refractivity contribution is 9.10. The van der Waals surface area contributed by atoms with Gasteiger partial charge < -0.3 is 15.4 Å². The summed E-state index contributed by atoms with van der Waals surface area (Å²) in [4.78, 5) is 16.2. The van der Waals surface area contributed by atoms with Crippen molar-refractivity contribution in [2.75, 3.05) is 0 Å². The van der Waals surface area contributed by atoms with Crippen molar-refractivity contribution >= 4 is 22.0 Å². The molecule has 0 radical (unpaired) electrons. The van der Waals surface area contributed by atoms with Crippen LogP contribution < -0.4 is 15.4 Å². The van der Waals surface area contributed by atoms with E-state index in [1.165, 1.54) is 18.9 Å². The van der Waals surface area contributed by atoms with E-state index >= 15 is 0 Å². The van der Waals surface area contributed by atoms with E-state index in [0.717, 1.165) is 22.9 Å². The van der Waals surface area contributed by atoms with Crippen molar-refractivity contribution < 1.29 is 13.9 Å². The van der Waals surface area contributed by atoms with Gasteiger partial charge >= 0.3 is 6.03 Å². The van der Waals surface area contributed by atoms with Gasteiger partial charge in [0, 0.05) is 35.4 Å². The van der Waals surface area contributed by atoms with Gasteiger partial charge in [0.2, 0.25) is 5.88 Å². The zero-order valence-corrected chi connectivity index (χ0v) is 15.9. The minimum absolute atomic E-state index is 0.115. The zero-order chi connectivity index (χ0) is 18.4. The fraction of sp³-hybridized carbons (Fsp3) is 0.368. The monoisotopic (exact) mass is 421 g/mol. The second kappa shape index (κ2) is 8.98. The number of halogens is 2. The predicted molar refractivity (Wildman–Crippen MR) is 100 cm³/mol. The fourth-order valence-electron chi connectivity index (χ4n) is 2.86. The van der Waals surface area contributed by atoms with Crippen LogP contribution in [0.3, 0.4) is 0 Å². The van der Waals surface area contributed by atoms with Crippen molar-refractivity contribution in [2.45, 2.75) is 44.9 Å². The Kier molecular flexibility index (Phi) is 6.44. The number of benzene rings is 1. The lowest BCUT2D eigenvalue weighted by molar-refractivity contribution is 0.201. The van der Waals surface area contributed by atoms with Gasteiger partial charge in [-0.15, -0.1) is 0 Å². The van der Waals surface area contributed by atoms with Crippen LogP contribution in [0.25, 0.3) is 0 Å². The molecule has 26 heavy (non-hydrogen) atoms. The number of amides is 2. The molecule has 0 atom stereocenters. The minimum atomic E-state index is -0.365. The second-order valence-electron chi connectivity index (χ2n) is 6.30. The molecule has 5 nitrogen and oxygen atoms in total. The van der Waals surface area contributed by atoms with Crippen LogP contribution in [-0.2, 0) is 13.1 Å². The molecule has 1 aliphatic carbocycles. The third-order valence-electron chi connectivity index (χ3n) is 4.29. The molecule has 7 heteroatoms. The Morgan fingerprint density at radius 3 is 2.69 bits per heavy atom. The van der Waals surface area contributed by atoms with E-state index < -0.39 is 0 Å². The summed E-state index contributed by atoms with van der Waals surface area (Å²) in [5, 5.41) is 5.37. The normalized spacial score (nSPS) is 14.2. The molecule has 1 aromatic heterocycles. The van der Waals surface area contributed by atoms with Crippen molar-refractivity contribution in [3.05, 3.63) is 57.9 Å². The van der Waals surface area contributed by atoms with E-state index in [1.54, 1.807) is 18.3 Å². The van der Waals surface area contributed by atoms with Gasteiger partial charge in [-0.1, -0.05) is 22.0 Å². The molecule has 3 rings (SSSR count). The van der Waals surface area contributed by atoms with E-state index in [1.807, 2.05) is 12.1 Å². The number of ether oxygens (including phenoxy) is 1. The molecule has 2 aromatic rings. The van der Waals surface area contributed by atoms with Gasteiger partial charge in [0.1, 0.15) is 11.9 Å². The average Bonchev–Trinajstić information content (AvgIpc) is 3.15. The van der Waals surface area contributed by atoms with E-state index in [-0.39, 0.29) is 24.5 Å². The fourth-order valence-corrected chi connectivity index (χ4v) is 3.27. The van der Waals surface area contributed by atoms with Gasteiger partial charge in [0.25, 0.3) is 0 Å². The molecule has 0 bridgehead atoms. The Bertz CT molecular complexity index is 749. The Labute approximate surface area is 160 Å². The van der Waals surface area contributed by atoms with Crippen LogP contribution >= 0.6 is 15.9 Å². The Morgan fingerprint density at radius 1 is 1.19 bits per heavy atom. The lowest BCUT2D eigenvalue weighted by atomic mass is 10.2. The van der Waals surface area contributed by atoms with Crippen molar-refractivity contribution in [1.29, 1.82) is 0 Å². The SMILES string of the molecule is O=C(NCc1ccc(OC2CCCC2)nc1)NCc1cc(Br)ccc1F. The molecule has 1 saturated carbocycles. The van der Waals surface area contributed by atoms with Crippen molar-refractivity contribution in [3.63, 3.8) is 0 Å². The maximum Gasteiger partial charge on any atom is 0.315 e. The molecule has 1 aromatic carbocycles. The third kappa shape index (κ3) is 5.42. The summed E-state index contributed by atoms with van der Waals surface area (Å²) in [5.74, 6) is 0.269. The quantitative estimate of drug-likeness (QED) is 0.730. The summed E-state index contributed by atoms with van der Waals surface area (Å²) in [5.41, 5.74) is 1.29. The highest BCUT2D eigenvalue weighted by atomic mass is 79.9. The summed E-state index contributed by atoms with van der Waals surface area (Å²) < 4.78 is 20.2. The molecule has 1 heterocycles. The molecule has 138 valence electrons. The topological polar surface area (TPSA) is 63.2 Å². The maximum atomic E-state index is 13.6. The van der Waals surface area contributed by atoms with Gasteiger partial charge in [-0.2, -0.15) is 0 Å². The van der Waals surface area contributed by atoms with E-state index in [0.29, 0.717) is 18.0 Å². The molecule has 0 saturated heterocycles. The number of nitrogens with zero attached hydrogens (tertiary/aromatic N) is 1. The van der Waals surface area contributed by atoms with E-state index in [4.69, 9.17) is 4.74 Å². The van der Waals surface area contributed by atoms with Crippen LogP contribution in [-0.4, -0.2) is 17.1 Å². The standard InChI is InChI=1S/C19H21BrFN3O2/c20-15-6-7-17(21)14(9-15)12-24-19(25)23-11-13-5-8-18(22-10-13)26-16-3-1-2-4-16/h5-10,16H,1-4,11-12H2,(H2,23,24,25). The number of carbonyl (C=O) groups excluding carboxylic acids is 1. The van der Waals surface area contributed by atoms with Crippen LogP contribution in [0, 0.1) is 5.82 Å². The van der Waals surface area contributed by atoms with Gasteiger partial charge in [-0.3, -0.25) is 0 Å². The molecule has 0 spiro atoms. The smallest absolute Gasteiger partial charge is 0.315 e. The third-order valence-corrected chi connectivity index (χ3v) is 4.78. The van der Waals surface area contributed by atoms with Crippen molar-refractivity contribution in [3.8, 4) is 5.88 Å². The first-order valence-electron chi connectivity index (χ1n) is 8.67. The Hall–Kier alpha value is -2.15. The van der Waals surface area contributed by atoms with Crippen molar-refractivity contribution in [1.82, 2.24) is 15.6 Å². The number of hydrogen-bond acceptors (Lipinski definition) is 3. The minimum Gasteiger partial charge on any atom is -0.474 e. The van der Waals surface area contributed by atoms with Gasteiger partial charge in [0.15, 0.2) is 0 Å². The lowest BCUT2D eigenvalue weighted by Crippen LogP contribution is -2.34. The summed E-state index contributed by atoms with van der Waals surface area (Å²) in [6.07, 6.45) is 6.57. The maximum absolute atomic E-state index is 13.6. The van der Waals surface area contributed by atoms with Crippen molar-refractivity contribution in [2.24, 2.45) is 0 Å². The number of nitrogens with one attached hydrogen (secondary N) is 2. The first-order valence-corrected chi connectivity index (χ1v) is 9.46. The first-order chi connectivity index (χ1) is 12.6.